The van der Waals surface area contributed by atoms with E-state index in [2.05, 4.69) is 10.3 Å². The molecule has 0 radical (unpaired) electrons. The molecule has 0 spiro atoms. The van der Waals surface area contributed by atoms with Crippen LogP contribution in [0.5, 0.6) is 5.75 Å². The van der Waals surface area contributed by atoms with Crippen LogP contribution in [0.4, 0.5) is 11.4 Å². The molecule has 0 bridgehead atoms. The molecule has 1 N–H and O–H groups in total. The van der Waals surface area contributed by atoms with Crippen molar-refractivity contribution in [3.05, 3.63) is 54.1 Å². The Morgan fingerprint density at radius 1 is 1.09 bits per heavy atom. The smallest absolute Gasteiger partial charge is 0.338 e. The Balaban J connectivity index is 1.70. The number of para-hydroxylation sites is 2. The van der Waals surface area contributed by atoms with Crippen molar-refractivity contribution in [3.63, 3.8) is 0 Å². The van der Waals surface area contributed by atoms with E-state index in [0.29, 0.717) is 28.7 Å². The van der Waals surface area contributed by atoms with Crippen molar-refractivity contribution >= 4 is 52.1 Å². The predicted octanol–water partition coefficient (Wildman–Crippen LogP) is 3.77. The van der Waals surface area contributed by atoms with Crippen molar-refractivity contribution in [1.82, 2.24) is 4.90 Å². The lowest BCUT2D eigenvalue weighted by Crippen LogP contribution is -2.33. The van der Waals surface area contributed by atoms with Crippen molar-refractivity contribution in [2.24, 2.45) is 4.99 Å². The molecule has 34 heavy (non-hydrogen) atoms. The maximum Gasteiger partial charge on any atom is 0.338 e. The number of esters is 2. The van der Waals surface area contributed by atoms with Crippen LogP contribution >= 0.6 is 11.8 Å². The minimum absolute atomic E-state index is 0.0742. The number of hydrogen-bond acceptors (Lipinski definition) is 8. The summed E-state index contributed by atoms with van der Waals surface area (Å²) in [5.41, 5.74) is 1.33. The van der Waals surface area contributed by atoms with Crippen molar-refractivity contribution in [2.75, 3.05) is 18.5 Å². The summed E-state index contributed by atoms with van der Waals surface area (Å²) in [5, 5.41) is 2.54. The van der Waals surface area contributed by atoms with Gasteiger partial charge in [0.15, 0.2) is 10.9 Å². The highest BCUT2D eigenvalue weighted by molar-refractivity contribution is 8.15. The Morgan fingerprint density at radius 3 is 2.44 bits per heavy atom. The molecular formula is C24H25N3O6S. The van der Waals surface area contributed by atoms with Crippen LogP contribution in [0.25, 0.3) is 0 Å². The SMILES string of the molecule is CCOC(=O)c1ccc(N=C2SC(CC(=O)Nc3ccccc3OC(C)=O)C(=O)N2CC)cc1. The number of nitrogens with zero attached hydrogens (tertiary/aromatic N) is 2. The molecule has 1 saturated heterocycles. The molecule has 1 atom stereocenters. The highest BCUT2D eigenvalue weighted by Crippen LogP contribution is 2.32. The Bertz CT molecular complexity index is 1120. The number of hydrogen-bond donors (Lipinski definition) is 1. The molecule has 0 aliphatic carbocycles. The van der Waals surface area contributed by atoms with Gasteiger partial charge >= 0.3 is 11.9 Å². The standard InChI is InChI=1S/C24H25N3O6S/c1-4-27-22(30)20(14-21(29)26-18-8-6-7-9-19(18)33-15(3)28)34-24(27)25-17-12-10-16(11-13-17)23(31)32-5-2/h6-13,20H,4-5,14H2,1-3H3,(H,26,29). The van der Waals surface area contributed by atoms with Crippen LogP contribution < -0.4 is 10.1 Å². The van der Waals surface area contributed by atoms with Crippen molar-refractivity contribution in [3.8, 4) is 5.75 Å². The molecule has 2 amide bonds. The molecule has 178 valence electrons. The van der Waals surface area contributed by atoms with Gasteiger partial charge in [-0.2, -0.15) is 0 Å². The summed E-state index contributed by atoms with van der Waals surface area (Å²) >= 11 is 1.21. The van der Waals surface area contributed by atoms with Gasteiger partial charge in [-0.25, -0.2) is 9.79 Å². The first kappa shape index (κ1) is 25.0. The zero-order valence-electron chi connectivity index (χ0n) is 19.1. The lowest BCUT2D eigenvalue weighted by molar-refractivity contribution is -0.132. The minimum Gasteiger partial charge on any atom is -0.462 e. The molecule has 1 unspecified atom stereocenters. The summed E-state index contributed by atoms with van der Waals surface area (Å²) in [7, 11) is 0. The van der Waals surface area contributed by atoms with Crippen molar-refractivity contribution in [2.45, 2.75) is 32.4 Å². The van der Waals surface area contributed by atoms with Gasteiger partial charge in [0, 0.05) is 19.9 Å². The Hall–Kier alpha value is -3.66. The molecular weight excluding hydrogens is 458 g/mol. The number of carbonyl (C=O) groups excluding carboxylic acids is 4. The van der Waals surface area contributed by atoms with Crippen LogP contribution in [0.15, 0.2) is 53.5 Å². The molecule has 1 fully saturated rings. The number of benzene rings is 2. The number of amidine groups is 1. The third-order valence-electron chi connectivity index (χ3n) is 4.73. The van der Waals surface area contributed by atoms with E-state index in [4.69, 9.17) is 9.47 Å². The number of nitrogens with one attached hydrogen (secondary N) is 1. The first-order chi connectivity index (χ1) is 16.3. The molecule has 0 aromatic heterocycles. The summed E-state index contributed by atoms with van der Waals surface area (Å²) in [6.07, 6.45) is -0.0742. The number of ether oxygens (including phenoxy) is 2. The van der Waals surface area contributed by atoms with Crippen LogP contribution in [0.2, 0.25) is 0 Å². The topological polar surface area (TPSA) is 114 Å². The Kier molecular flexibility index (Phi) is 8.42. The van der Waals surface area contributed by atoms with E-state index in [1.807, 2.05) is 6.92 Å². The van der Waals surface area contributed by atoms with Gasteiger partial charge in [-0.15, -0.1) is 0 Å². The van der Waals surface area contributed by atoms with Gasteiger partial charge in [0.2, 0.25) is 11.8 Å². The summed E-state index contributed by atoms with van der Waals surface area (Å²) in [6, 6.07) is 13.1. The maximum absolute atomic E-state index is 12.9. The van der Waals surface area contributed by atoms with Crippen molar-refractivity contribution < 1.29 is 28.7 Å². The monoisotopic (exact) mass is 483 g/mol. The second kappa shape index (κ2) is 11.5. The molecule has 1 heterocycles. The van der Waals surface area contributed by atoms with E-state index < -0.39 is 17.2 Å². The lowest BCUT2D eigenvalue weighted by Gasteiger charge is -2.13. The summed E-state index contributed by atoms with van der Waals surface area (Å²) < 4.78 is 10.1. The first-order valence-corrected chi connectivity index (χ1v) is 11.6. The molecule has 0 saturated carbocycles. The van der Waals surface area contributed by atoms with E-state index in [-0.39, 0.29) is 30.6 Å². The van der Waals surface area contributed by atoms with Gasteiger partial charge in [0.1, 0.15) is 5.25 Å². The van der Waals surface area contributed by atoms with Gasteiger partial charge < -0.3 is 14.8 Å². The molecule has 3 rings (SSSR count). The number of amides is 2. The second-order valence-corrected chi connectivity index (χ2v) is 8.36. The van der Waals surface area contributed by atoms with Gasteiger partial charge in [0.05, 0.1) is 23.5 Å². The molecule has 10 heteroatoms. The highest BCUT2D eigenvalue weighted by atomic mass is 32.2. The average molecular weight is 484 g/mol. The molecule has 2 aromatic rings. The lowest BCUT2D eigenvalue weighted by atomic mass is 10.2. The van der Waals surface area contributed by atoms with E-state index >= 15 is 0 Å². The average Bonchev–Trinajstić information content (AvgIpc) is 3.09. The van der Waals surface area contributed by atoms with E-state index in [1.54, 1.807) is 55.5 Å². The van der Waals surface area contributed by atoms with Crippen LogP contribution in [0.1, 0.15) is 37.6 Å². The molecule has 9 nitrogen and oxygen atoms in total. The van der Waals surface area contributed by atoms with Gasteiger partial charge in [-0.05, 0) is 50.2 Å². The predicted molar refractivity (Wildman–Crippen MR) is 129 cm³/mol. The zero-order valence-corrected chi connectivity index (χ0v) is 19.9. The molecule has 1 aliphatic rings. The minimum atomic E-state index is -0.640. The quantitative estimate of drug-likeness (QED) is 0.449. The van der Waals surface area contributed by atoms with Crippen LogP contribution in [0.3, 0.4) is 0 Å². The van der Waals surface area contributed by atoms with Crippen LogP contribution in [0, 0.1) is 0 Å². The fourth-order valence-corrected chi connectivity index (χ4v) is 4.42. The molecule has 1 aliphatic heterocycles. The first-order valence-electron chi connectivity index (χ1n) is 10.7. The Morgan fingerprint density at radius 2 is 1.79 bits per heavy atom. The van der Waals surface area contributed by atoms with E-state index in [0.717, 1.165) is 0 Å². The van der Waals surface area contributed by atoms with Crippen LogP contribution in [-0.4, -0.2) is 52.2 Å². The van der Waals surface area contributed by atoms with Crippen molar-refractivity contribution in [1.29, 1.82) is 0 Å². The Labute approximate surface area is 201 Å². The maximum atomic E-state index is 12.9. The highest BCUT2D eigenvalue weighted by Gasteiger charge is 2.38. The van der Waals surface area contributed by atoms with Crippen LogP contribution in [-0.2, 0) is 19.1 Å². The van der Waals surface area contributed by atoms with E-state index in [1.165, 1.54) is 23.6 Å². The second-order valence-electron chi connectivity index (χ2n) is 7.19. The fraction of sp³-hybridized carbons (Fsp3) is 0.292. The summed E-state index contributed by atoms with van der Waals surface area (Å²) in [4.78, 5) is 54.7. The number of rotatable bonds is 8. The third kappa shape index (κ3) is 6.22. The van der Waals surface area contributed by atoms with Gasteiger partial charge in [-0.3, -0.25) is 19.3 Å². The fourth-order valence-electron chi connectivity index (χ4n) is 3.20. The van der Waals surface area contributed by atoms with Gasteiger partial charge in [-0.1, -0.05) is 23.9 Å². The van der Waals surface area contributed by atoms with Gasteiger partial charge in [0.25, 0.3) is 0 Å². The third-order valence-corrected chi connectivity index (χ3v) is 5.90. The zero-order chi connectivity index (χ0) is 24.7. The normalized spacial score (nSPS) is 16.4. The number of anilines is 1. The number of carbonyl (C=O) groups is 4. The summed E-state index contributed by atoms with van der Waals surface area (Å²) in [5.74, 6) is -1.28. The largest absolute Gasteiger partial charge is 0.462 e. The molecule has 2 aromatic carbocycles. The van der Waals surface area contributed by atoms with E-state index in [9.17, 15) is 19.2 Å². The summed E-state index contributed by atoms with van der Waals surface area (Å²) in [6.45, 7) is 5.53. The number of aliphatic imine (C=N–C) groups is 1. The number of thioether (sulfide) groups is 1.